The summed E-state index contributed by atoms with van der Waals surface area (Å²) in [6.07, 6.45) is 0. The van der Waals surface area contributed by atoms with Crippen molar-refractivity contribution < 1.29 is 55.5 Å². The maximum Gasteiger partial charge on any atom is 0.322 e. The number of carbonyl (C=O) groups is 1. The minimum atomic E-state index is -1.18. The molecule has 12 heavy (non-hydrogen) atoms. The van der Waals surface area contributed by atoms with Gasteiger partial charge in [-0.15, -0.1) is 0 Å². The Kier molecular flexibility index (Phi) is 76.4. The standard InChI is InChI=1S/C3H7NO3.4H2O.V/c4-2(1-5)3(6)7;;;;;/h2,5H,1,4H2,(H,6,7);4*1H2;/t2-;;;;;/m0...../s1. The maximum absolute atomic E-state index is 9.65. The van der Waals surface area contributed by atoms with E-state index in [-0.39, 0.29) is 40.5 Å². The Labute approximate surface area is 80.5 Å². The third-order valence-corrected chi connectivity index (χ3v) is 0.514. The largest absolute Gasteiger partial charge is 0.480 e. The first-order valence-electron chi connectivity index (χ1n) is 1.77. The smallest absolute Gasteiger partial charge is 0.322 e. The predicted molar refractivity (Wildman–Crippen MR) is 37.2 cm³/mol. The first-order valence-corrected chi connectivity index (χ1v) is 1.77. The van der Waals surface area contributed by atoms with Gasteiger partial charge in [-0.2, -0.15) is 0 Å². The normalized spacial score (nSPS) is 7.83. The number of hydrogen-bond acceptors (Lipinski definition) is 3. The molecule has 0 rings (SSSR count). The van der Waals surface area contributed by atoms with Crippen LogP contribution in [0.4, 0.5) is 0 Å². The Morgan fingerprint density at radius 1 is 1.25 bits per heavy atom. The Balaban J connectivity index is -0.0000000180. The van der Waals surface area contributed by atoms with Gasteiger partial charge in [0, 0.05) is 18.6 Å². The van der Waals surface area contributed by atoms with E-state index in [2.05, 4.69) is 0 Å². The molecule has 8 nitrogen and oxygen atoms in total. The third kappa shape index (κ3) is 22.6. The van der Waals surface area contributed by atoms with E-state index >= 15 is 0 Å². The average molecular weight is 228 g/mol. The third-order valence-electron chi connectivity index (χ3n) is 0.514. The van der Waals surface area contributed by atoms with Gasteiger partial charge in [-0.3, -0.25) is 4.79 Å². The van der Waals surface area contributed by atoms with E-state index in [1.54, 1.807) is 0 Å². The van der Waals surface area contributed by atoms with E-state index in [1.165, 1.54) is 0 Å². The van der Waals surface area contributed by atoms with Gasteiger partial charge in [0.15, 0.2) is 0 Å². The molecule has 0 unspecified atom stereocenters. The van der Waals surface area contributed by atoms with Crippen molar-refractivity contribution in [2.45, 2.75) is 6.04 Å². The van der Waals surface area contributed by atoms with Crippen molar-refractivity contribution in [2.24, 2.45) is 5.73 Å². The van der Waals surface area contributed by atoms with Crippen molar-refractivity contribution in [3.8, 4) is 0 Å². The minimum Gasteiger partial charge on any atom is -0.480 e. The molecule has 0 fully saturated rings. The molecule has 0 saturated carbocycles. The van der Waals surface area contributed by atoms with Crippen LogP contribution in [0.25, 0.3) is 0 Å². The van der Waals surface area contributed by atoms with Gasteiger partial charge in [-0.25, -0.2) is 0 Å². The second-order valence-corrected chi connectivity index (χ2v) is 1.13. The number of aliphatic hydroxyl groups is 1. The summed E-state index contributed by atoms with van der Waals surface area (Å²) in [7, 11) is 0. The van der Waals surface area contributed by atoms with Crippen LogP contribution in [-0.4, -0.2) is 50.7 Å². The zero-order chi connectivity index (χ0) is 5.86. The van der Waals surface area contributed by atoms with Crippen molar-refractivity contribution in [3.63, 3.8) is 0 Å². The van der Waals surface area contributed by atoms with E-state index in [0.717, 1.165) is 0 Å². The molecule has 12 N–H and O–H groups in total. The van der Waals surface area contributed by atoms with E-state index in [4.69, 9.17) is 15.9 Å². The number of carboxylic acids is 1. The molecule has 0 aliphatic rings. The summed E-state index contributed by atoms with van der Waals surface area (Å²) in [5, 5.41) is 15.9. The number of aliphatic hydroxyl groups excluding tert-OH is 1. The minimum absolute atomic E-state index is 0. The summed E-state index contributed by atoms with van der Waals surface area (Å²) in [4.78, 5) is 9.65. The zero-order valence-corrected chi connectivity index (χ0v) is 7.51. The summed E-state index contributed by atoms with van der Waals surface area (Å²) in [6.45, 7) is -0.505. The molecule has 1 atom stereocenters. The van der Waals surface area contributed by atoms with Crippen molar-refractivity contribution in [1.29, 1.82) is 0 Å². The van der Waals surface area contributed by atoms with Crippen LogP contribution in [0.5, 0.6) is 0 Å². The molecule has 0 spiro atoms. The summed E-state index contributed by atoms with van der Waals surface area (Å²) in [6, 6.07) is -1.13. The molecule has 0 aliphatic heterocycles. The molecular weight excluding hydrogens is 213 g/mol. The van der Waals surface area contributed by atoms with Crippen LogP contribution < -0.4 is 5.73 Å². The Hall–Kier alpha value is -0.186. The Morgan fingerprint density at radius 3 is 1.50 bits per heavy atom. The number of rotatable bonds is 2. The summed E-state index contributed by atoms with van der Waals surface area (Å²) >= 11 is 0. The molecule has 9 heteroatoms. The molecule has 0 heterocycles. The van der Waals surface area contributed by atoms with Crippen LogP contribution in [0.1, 0.15) is 0 Å². The Bertz CT molecular complexity index is 81.1. The zero-order valence-electron chi connectivity index (χ0n) is 6.11. The van der Waals surface area contributed by atoms with Gasteiger partial charge >= 0.3 is 5.97 Å². The van der Waals surface area contributed by atoms with Gasteiger partial charge in [0.1, 0.15) is 6.04 Å². The first-order chi connectivity index (χ1) is 3.18. The summed E-state index contributed by atoms with van der Waals surface area (Å²) < 4.78 is 0. The van der Waals surface area contributed by atoms with Gasteiger partial charge in [0.05, 0.1) is 6.61 Å². The second kappa shape index (κ2) is 22.4. The molecule has 0 aromatic rings. The van der Waals surface area contributed by atoms with Crippen LogP contribution >= 0.6 is 0 Å². The van der Waals surface area contributed by atoms with E-state index < -0.39 is 18.6 Å². The van der Waals surface area contributed by atoms with Crippen molar-refractivity contribution in [1.82, 2.24) is 0 Å². The average Bonchev–Trinajstić information content (AvgIpc) is 1.65. The molecule has 0 bridgehead atoms. The van der Waals surface area contributed by atoms with E-state index in [9.17, 15) is 4.79 Å². The van der Waals surface area contributed by atoms with Crippen molar-refractivity contribution in [2.75, 3.05) is 6.61 Å². The first kappa shape index (κ1) is 40.9. The SMILES string of the molecule is N[C@@H](CO)C(=O)O.O.O.O.O.[V]. The molecular formula is C3H15NO7V. The quantitative estimate of drug-likeness (QED) is 0.423. The van der Waals surface area contributed by atoms with Gasteiger partial charge in [0.25, 0.3) is 0 Å². The number of carboxylic acid groups (broad SMARTS) is 1. The summed E-state index contributed by atoms with van der Waals surface area (Å²) in [5.41, 5.74) is 4.77. The van der Waals surface area contributed by atoms with E-state index in [0.29, 0.717) is 0 Å². The molecule has 0 aromatic heterocycles. The number of hydrogen-bond donors (Lipinski definition) is 3. The van der Waals surface area contributed by atoms with Crippen LogP contribution in [0.2, 0.25) is 0 Å². The predicted octanol–water partition coefficient (Wildman–Crippen LogP) is -4.91. The van der Waals surface area contributed by atoms with Gasteiger partial charge < -0.3 is 37.9 Å². The van der Waals surface area contributed by atoms with Gasteiger partial charge in [-0.05, 0) is 0 Å². The number of aliphatic carboxylic acids is 1. The molecule has 0 amide bonds. The van der Waals surface area contributed by atoms with Crippen LogP contribution in [0, 0.1) is 0 Å². The fourth-order valence-corrected chi connectivity index (χ4v) is 0.0781. The van der Waals surface area contributed by atoms with Crippen molar-refractivity contribution >= 4 is 5.97 Å². The van der Waals surface area contributed by atoms with Crippen LogP contribution in [0.3, 0.4) is 0 Å². The topological polar surface area (TPSA) is 210 Å². The van der Waals surface area contributed by atoms with Gasteiger partial charge in [0.2, 0.25) is 0 Å². The van der Waals surface area contributed by atoms with Crippen molar-refractivity contribution in [3.05, 3.63) is 0 Å². The van der Waals surface area contributed by atoms with E-state index in [1.807, 2.05) is 0 Å². The monoisotopic (exact) mass is 228 g/mol. The fourth-order valence-electron chi connectivity index (χ4n) is 0.0781. The molecule has 1 radical (unpaired) electrons. The molecule has 79 valence electrons. The molecule has 0 aromatic carbocycles. The molecule has 0 saturated heterocycles. The van der Waals surface area contributed by atoms with Gasteiger partial charge in [-0.1, -0.05) is 0 Å². The van der Waals surface area contributed by atoms with Crippen LogP contribution in [0.15, 0.2) is 0 Å². The van der Waals surface area contributed by atoms with Crippen LogP contribution in [-0.2, 0) is 23.4 Å². The number of nitrogens with two attached hydrogens (primary N) is 1. The molecule has 0 aliphatic carbocycles. The fraction of sp³-hybridized carbons (Fsp3) is 0.667. The summed E-state index contributed by atoms with van der Waals surface area (Å²) in [5.74, 6) is -1.18. The second-order valence-electron chi connectivity index (χ2n) is 1.13. The maximum atomic E-state index is 9.65. The Morgan fingerprint density at radius 2 is 1.50 bits per heavy atom.